The second-order valence-electron chi connectivity index (χ2n) is 6.61. The minimum absolute atomic E-state index is 0.0845. The number of aliphatic hydroxyl groups is 1. The Morgan fingerprint density at radius 2 is 1.44 bits per heavy atom. The molecule has 0 amide bonds. The van der Waals surface area contributed by atoms with Gasteiger partial charge in [0.05, 0.1) is 6.10 Å². The van der Waals surface area contributed by atoms with Crippen molar-refractivity contribution in [3.8, 4) is 0 Å². The third kappa shape index (κ3) is 5.65. The summed E-state index contributed by atoms with van der Waals surface area (Å²) in [7, 11) is 0. The van der Waals surface area contributed by atoms with Gasteiger partial charge < -0.3 is 10.4 Å². The van der Waals surface area contributed by atoms with Crippen molar-refractivity contribution in [3.05, 3.63) is 35.9 Å². The van der Waals surface area contributed by atoms with Crippen LogP contribution < -0.4 is 5.32 Å². The predicted octanol–water partition coefficient (Wildman–Crippen LogP) is 3.28. The number of aliphatic hydroxyl groups excluding tert-OH is 1. The van der Waals surface area contributed by atoms with Gasteiger partial charge in [-0.2, -0.15) is 0 Å². The minimum Gasteiger partial charge on any atom is -0.393 e. The maximum Gasteiger partial charge on any atom is 0.0575 e. The van der Waals surface area contributed by atoms with Gasteiger partial charge in [-0.3, -0.25) is 0 Å². The van der Waals surface area contributed by atoms with Gasteiger partial charge in [-0.1, -0.05) is 35.9 Å². The fraction of sp³-hybridized carbons (Fsp3) is 0.625. The molecule has 1 aromatic rings. The van der Waals surface area contributed by atoms with Crippen molar-refractivity contribution in [1.29, 1.82) is 0 Å². The molecule has 2 N–H and O–H groups in total. The molecule has 1 aliphatic rings. The van der Waals surface area contributed by atoms with Gasteiger partial charge in [0, 0.05) is 11.1 Å². The summed E-state index contributed by atoms with van der Waals surface area (Å²) in [4.78, 5) is 0. The SMILES string of the molecule is CC1(C)CC(O)CC(C)(C)N1.Cc1ccccc1. The fourth-order valence-electron chi connectivity index (χ4n) is 2.80. The van der Waals surface area contributed by atoms with Crippen LogP contribution in [0.3, 0.4) is 0 Å². The second kappa shape index (κ2) is 5.85. The first-order chi connectivity index (χ1) is 8.20. The molecule has 0 saturated carbocycles. The van der Waals surface area contributed by atoms with Gasteiger partial charge in [0.2, 0.25) is 0 Å². The number of piperidine rings is 1. The largest absolute Gasteiger partial charge is 0.393 e. The second-order valence-corrected chi connectivity index (χ2v) is 6.61. The quantitative estimate of drug-likeness (QED) is 0.739. The average Bonchev–Trinajstić information content (AvgIpc) is 2.13. The van der Waals surface area contributed by atoms with E-state index >= 15 is 0 Å². The number of hydrogen-bond acceptors (Lipinski definition) is 2. The molecule has 1 aliphatic heterocycles. The molecule has 2 heteroatoms. The van der Waals surface area contributed by atoms with E-state index in [2.05, 4.69) is 52.1 Å². The van der Waals surface area contributed by atoms with E-state index in [0.717, 1.165) is 12.8 Å². The molecule has 1 fully saturated rings. The standard InChI is InChI=1S/C9H19NO.C7H8/c1-8(2)5-7(11)6-9(3,4)10-8;1-7-5-3-2-4-6-7/h7,10-11H,5-6H2,1-4H3;2-6H,1H3. The third-order valence-electron chi connectivity index (χ3n) is 3.11. The van der Waals surface area contributed by atoms with Crippen LogP contribution in [0.2, 0.25) is 0 Å². The molecule has 1 heterocycles. The van der Waals surface area contributed by atoms with E-state index < -0.39 is 0 Å². The van der Waals surface area contributed by atoms with E-state index in [1.54, 1.807) is 0 Å². The van der Waals surface area contributed by atoms with Gasteiger partial charge in [0.25, 0.3) is 0 Å². The number of aryl methyl sites for hydroxylation is 1. The van der Waals surface area contributed by atoms with Crippen LogP contribution in [0.15, 0.2) is 30.3 Å². The van der Waals surface area contributed by atoms with Crippen molar-refractivity contribution in [1.82, 2.24) is 5.32 Å². The molecular formula is C16H27NO. The van der Waals surface area contributed by atoms with E-state index in [1.165, 1.54) is 5.56 Å². The number of nitrogens with one attached hydrogen (secondary N) is 1. The summed E-state index contributed by atoms with van der Waals surface area (Å²) in [6.45, 7) is 10.6. The molecule has 0 aromatic heterocycles. The highest BCUT2D eigenvalue weighted by atomic mass is 16.3. The first-order valence-corrected chi connectivity index (χ1v) is 6.69. The Labute approximate surface area is 111 Å². The Morgan fingerprint density at radius 3 is 1.72 bits per heavy atom. The highest BCUT2D eigenvalue weighted by Gasteiger charge is 2.36. The molecule has 1 aromatic carbocycles. The van der Waals surface area contributed by atoms with Gasteiger partial charge in [-0.15, -0.1) is 0 Å². The van der Waals surface area contributed by atoms with Crippen LogP contribution in [0.25, 0.3) is 0 Å². The lowest BCUT2D eigenvalue weighted by Gasteiger charge is -2.44. The summed E-state index contributed by atoms with van der Waals surface area (Å²) in [6, 6.07) is 10.3. The highest BCUT2D eigenvalue weighted by Crippen LogP contribution is 2.27. The van der Waals surface area contributed by atoms with E-state index in [4.69, 9.17) is 0 Å². The van der Waals surface area contributed by atoms with Crippen molar-refractivity contribution in [3.63, 3.8) is 0 Å². The van der Waals surface area contributed by atoms with Crippen LogP contribution in [-0.2, 0) is 0 Å². The van der Waals surface area contributed by atoms with Gasteiger partial charge in [0.15, 0.2) is 0 Å². The summed E-state index contributed by atoms with van der Waals surface area (Å²) < 4.78 is 0. The van der Waals surface area contributed by atoms with Crippen LogP contribution in [0, 0.1) is 6.92 Å². The van der Waals surface area contributed by atoms with Gasteiger partial charge >= 0.3 is 0 Å². The topological polar surface area (TPSA) is 32.3 Å². The van der Waals surface area contributed by atoms with E-state index in [0.29, 0.717) is 0 Å². The van der Waals surface area contributed by atoms with Crippen molar-refractivity contribution >= 4 is 0 Å². The first kappa shape index (κ1) is 15.2. The van der Waals surface area contributed by atoms with Gasteiger partial charge in [0.1, 0.15) is 0 Å². The molecule has 2 rings (SSSR count). The lowest BCUT2D eigenvalue weighted by atomic mass is 9.81. The molecule has 18 heavy (non-hydrogen) atoms. The van der Waals surface area contributed by atoms with E-state index in [9.17, 15) is 5.11 Å². The van der Waals surface area contributed by atoms with E-state index in [1.807, 2.05) is 18.2 Å². The van der Waals surface area contributed by atoms with Gasteiger partial charge in [-0.25, -0.2) is 0 Å². The normalized spacial score (nSPS) is 21.9. The first-order valence-electron chi connectivity index (χ1n) is 6.69. The molecule has 0 atom stereocenters. The number of rotatable bonds is 0. The van der Waals surface area contributed by atoms with Crippen molar-refractivity contribution in [2.45, 2.75) is 64.6 Å². The lowest BCUT2D eigenvalue weighted by Crippen LogP contribution is -2.59. The summed E-state index contributed by atoms with van der Waals surface area (Å²) in [5.41, 5.74) is 1.49. The zero-order valence-electron chi connectivity index (χ0n) is 12.3. The lowest BCUT2D eigenvalue weighted by molar-refractivity contribution is 0.0396. The highest BCUT2D eigenvalue weighted by molar-refractivity contribution is 5.11. The molecule has 0 spiro atoms. The maximum atomic E-state index is 9.54. The summed E-state index contributed by atoms with van der Waals surface area (Å²) in [5.74, 6) is 0. The monoisotopic (exact) mass is 249 g/mol. The van der Waals surface area contributed by atoms with Crippen LogP contribution in [0.4, 0.5) is 0 Å². The molecule has 102 valence electrons. The smallest absolute Gasteiger partial charge is 0.0575 e. The molecular weight excluding hydrogens is 222 g/mol. The molecule has 2 nitrogen and oxygen atoms in total. The molecule has 1 saturated heterocycles. The summed E-state index contributed by atoms with van der Waals surface area (Å²) in [6.07, 6.45) is 1.58. The van der Waals surface area contributed by atoms with Crippen LogP contribution in [-0.4, -0.2) is 22.3 Å². The number of hydrogen-bond donors (Lipinski definition) is 2. The summed E-state index contributed by atoms with van der Waals surface area (Å²) >= 11 is 0. The predicted molar refractivity (Wildman–Crippen MR) is 77.7 cm³/mol. The average molecular weight is 249 g/mol. The van der Waals surface area contributed by atoms with Crippen molar-refractivity contribution in [2.75, 3.05) is 0 Å². The van der Waals surface area contributed by atoms with Crippen molar-refractivity contribution in [2.24, 2.45) is 0 Å². The Balaban J connectivity index is 0.000000199. The van der Waals surface area contributed by atoms with Crippen LogP contribution in [0.5, 0.6) is 0 Å². The van der Waals surface area contributed by atoms with E-state index in [-0.39, 0.29) is 17.2 Å². The Morgan fingerprint density at radius 1 is 1.00 bits per heavy atom. The molecule has 0 aliphatic carbocycles. The molecule has 0 unspecified atom stereocenters. The summed E-state index contributed by atoms with van der Waals surface area (Å²) in [5, 5.41) is 13.0. The zero-order valence-corrected chi connectivity index (χ0v) is 12.3. The fourth-order valence-corrected chi connectivity index (χ4v) is 2.80. The maximum absolute atomic E-state index is 9.54. The van der Waals surface area contributed by atoms with Crippen LogP contribution in [0.1, 0.15) is 46.1 Å². The zero-order chi connectivity index (χ0) is 13.8. The van der Waals surface area contributed by atoms with Crippen LogP contribution >= 0.6 is 0 Å². The molecule has 0 bridgehead atoms. The Kier molecular flexibility index (Phi) is 4.94. The third-order valence-corrected chi connectivity index (χ3v) is 3.11. The van der Waals surface area contributed by atoms with Crippen molar-refractivity contribution < 1.29 is 5.11 Å². The Bertz CT molecular complexity index is 341. The minimum atomic E-state index is -0.138. The molecule has 0 radical (unpaired) electrons. The van der Waals surface area contributed by atoms with Gasteiger partial charge in [-0.05, 0) is 47.5 Å². The Hall–Kier alpha value is -0.860. The number of benzene rings is 1.